The fourth-order valence-electron chi connectivity index (χ4n) is 1.29. The zero-order valence-corrected chi connectivity index (χ0v) is 9.50. The van der Waals surface area contributed by atoms with Crippen LogP contribution in [0, 0.1) is 0 Å². The van der Waals surface area contributed by atoms with Crippen molar-refractivity contribution in [2.75, 3.05) is 12.3 Å². The van der Waals surface area contributed by atoms with Crippen LogP contribution < -0.4 is 5.73 Å². The molecule has 84 valence electrons. The molecule has 0 spiro atoms. The lowest BCUT2D eigenvalue weighted by Gasteiger charge is -2.13. The fraction of sp³-hybridized carbons (Fsp3) is 0.333. The molecule has 1 rings (SSSR count). The van der Waals surface area contributed by atoms with Gasteiger partial charge < -0.3 is 5.73 Å². The third kappa shape index (κ3) is 4.17. The summed E-state index contributed by atoms with van der Waals surface area (Å²) in [5.41, 5.74) is 6.19. The largest absolute Gasteiger partial charge is 0.330 e. The van der Waals surface area contributed by atoms with Gasteiger partial charge in [0.25, 0.3) is 10.1 Å². The first-order valence-corrected chi connectivity index (χ1v) is 6.32. The standard InChI is InChI=1S/C9H12ClNO3S/c10-9-3-1-7(2-4-9)8(5-11)6-15(12,13)14/h1-4,8H,5-6,11H2,(H,12,13,14)/t8-/m1/s1. The maximum absolute atomic E-state index is 10.7. The second-order valence-electron chi connectivity index (χ2n) is 3.23. The maximum Gasteiger partial charge on any atom is 0.265 e. The molecule has 0 unspecified atom stereocenters. The first kappa shape index (κ1) is 12.4. The summed E-state index contributed by atoms with van der Waals surface area (Å²) < 4.78 is 30.2. The molecule has 0 aliphatic rings. The molecule has 0 aliphatic heterocycles. The molecule has 0 saturated carbocycles. The van der Waals surface area contributed by atoms with Crippen molar-refractivity contribution in [3.05, 3.63) is 34.9 Å². The van der Waals surface area contributed by atoms with Crippen LogP contribution in [0.4, 0.5) is 0 Å². The highest BCUT2D eigenvalue weighted by Crippen LogP contribution is 2.18. The minimum Gasteiger partial charge on any atom is -0.330 e. The molecule has 0 amide bonds. The molecule has 0 aromatic heterocycles. The lowest BCUT2D eigenvalue weighted by atomic mass is 10.0. The van der Waals surface area contributed by atoms with E-state index in [9.17, 15) is 8.42 Å². The van der Waals surface area contributed by atoms with Crippen molar-refractivity contribution < 1.29 is 13.0 Å². The van der Waals surface area contributed by atoms with Gasteiger partial charge in [0.1, 0.15) is 0 Å². The minimum atomic E-state index is -4.01. The van der Waals surface area contributed by atoms with Crippen LogP contribution in [0.1, 0.15) is 11.5 Å². The van der Waals surface area contributed by atoms with Crippen molar-refractivity contribution >= 4 is 21.7 Å². The van der Waals surface area contributed by atoms with E-state index in [2.05, 4.69) is 0 Å². The molecule has 6 heteroatoms. The van der Waals surface area contributed by atoms with Gasteiger partial charge in [-0.1, -0.05) is 23.7 Å². The number of benzene rings is 1. The molecule has 1 atom stereocenters. The van der Waals surface area contributed by atoms with Crippen LogP contribution in [0.25, 0.3) is 0 Å². The van der Waals surface area contributed by atoms with Crippen LogP contribution in [0.2, 0.25) is 5.02 Å². The van der Waals surface area contributed by atoms with Crippen molar-refractivity contribution in [3.63, 3.8) is 0 Å². The monoisotopic (exact) mass is 249 g/mol. The van der Waals surface area contributed by atoms with Crippen molar-refractivity contribution in [2.45, 2.75) is 5.92 Å². The Hall–Kier alpha value is -0.620. The molecule has 15 heavy (non-hydrogen) atoms. The quantitative estimate of drug-likeness (QED) is 0.788. The molecule has 0 bridgehead atoms. The van der Waals surface area contributed by atoms with Gasteiger partial charge in [0.15, 0.2) is 0 Å². The van der Waals surface area contributed by atoms with Crippen molar-refractivity contribution in [1.82, 2.24) is 0 Å². The summed E-state index contributed by atoms with van der Waals surface area (Å²) in [6.07, 6.45) is 0. The maximum atomic E-state index is 10.7. The normalized spacial score (nSPS) is 13.8. The molecule has 0 heterocycles. The first-order valence-electron chi connectivity index (χ1n) is 4.33. The number of hydrogen-bond acceptors (Lipinski definition) is 3. The minimum absolute atomic E-state index is 0.154. The van der Waals surface area contributed by atoms with E-state index in [1.807, 2.05) is 0 Å². The smallest absolute Gasteiger partial charge is 0.265 e. The van der Waals surface area contributed by atoms with Gasteiger partial charge in [-0.2, -0.15) is 8.42 Å². The molecule has 1 aromatic rings. The third-order valence-corrected chi connectivity index (χ3v) is 3.11. The molecule has 0 fully saturated rings. The Morgan fingerprint density at radius 3 is 2.27 bits per heavy atom. The summed E-state index contributed by atoms with van der Waals surface area (Å²) in [4.78, 5) is 0. The second kappa shape index (κ2) is 4.94. The fourth-order valence-corrected chi connectivity index (χ4v) is 2.25. The van der Waals surface area contributed by atoms with E-state index in [0.717, 1.165) is 5.56 Å². The van der Waals surface area contributed by atoms with Gasteiger partial charge in [-0.25, -0.2) is 0 Å². The van der Waals surface area contributed by atoms with E-state index in [-0.39, 0.29) is 12.3 Å². The summed E-state index contributed by atoms with van der Waals surface area (Å²) in [7, 11) is -4.01. The molecule has 1 aromatic carbocycles. The van der Waals surface area contributed by atoms with Crippen molar-refractivity contribution in [3.8, 4) is 0 Å². The van der Waals surface area contributed by atoms with Crippen LogP contribution in [-0.4, -0.2) is 25.3 Å². The second-order valence-corrected chi connectivity index (χ2v) is 5.17. The number of rotatable bonds is 4. The first-order chi connectivity index (χ1) is 6.92. The van der Waals surface area contributed by atoms with Gasteiger partial charge in [-0.05, 0) is 17.7 Å². The van der Waals surface area contributed by atoms with Gasteiger partial charge in [-0.15, -0.1) is 0 Å². The predicted molar refractivity (Wildman–Crippen MR) is 59.7 cm³/mol. The van der Waals surface area contributed by atoms with E-state index >= 15 is 0 Å². The van der Waals surface area contributed by atoms with Crippen molar-refractivity contribution in [2.24, 2.45) is 5.73 Å². The third-order valence-electron chi connectivity index (χ3n) is 2.04. The number of halogens is 1. The Kier molecular flexibility index (Phi) is 4.10. The number of hydrogen-bond donors (Lipinski definition) is 2. The Bertz CT molecular complexity index is 415. The molecule has 4 nitrogen and oxygen atoms in total. The Morgan fingerprint density at radius 1 is 1.33 bits per heavy atom. The van der Waals surface area contributed by atoms with Gasteiger partial charge in [0.2, 0.25) is 0 Å². The summed E-state index contributed by atoms with van der Waals surface area (Å²) in [6.45, 7) is 0.154. The van der Waals surface area contributed by atoms with Gasteiger partial charge in [-0.3, -0.25) is 4.55 Å². The van der Waals surface area contributed by atoms with Gasteiger partial charge >= 0.3 is 0 Å². The summed E-state index contributed by atoms with van der Waals surface area (Å²) in [5, 5.41) is 0.571. The highest BCUT2D eigenvalue weighted by atomic mass is 35.5. The topological polar surface area (TPSA) is 80.4 Å². The Morgan fingerprint density at radius 2 is 1.87 bits per heavy atom. The Labute approximate surface area is 93.8 Å². The Balaban J connectivity index is 2.88. The van der Waals surface area contributed by atoms with Crippen LogP contribution in [0.5, 0.6) is 0 Å². The lowest BCUT2D eigenvalue weighted by molar-refractivity contribution is 0.477. The lowest BCUT2D eigenvalue weighted by Crippen LogP contribution is -2.21. The zero-order chi connectivity index (χ0) is 11.5. The highest BCUT2D eigenvalue weighted by molar-refractivity contribution is 7.85. The molecule has 3 N–H and O–H groups in total. The SMILES string of the molecule is NC[C@H](CS(=O)(=O)O)c1ccc(Cl)cc1. The molecule has 0 saturated heterocycles. The average molecular weight is 250 g/mol. The van der Waals surface area contributed by atoms with E-state index in [1.165, 1.54) is 0 Å². The van der Waals surface area contributed by atoms with Crippen molar-refractivity contribution in [1.29, 1.82) is 0 Å². The molecular formula is C9H12ClNO3S. The molecular weight excluding hydrogens is 238 g/mol. The highest BCUT2D eigenvalue weighted by Gasteiger charge is 2.17. The molecule has 0 radical (unpaired) electrons. The molecule has 0 aliphatic carbocycles. The zero-order valence-electron chi connectivity index (χ0n) is 7.93. The van der Waals surface area contributed by atoms with E-state index in [0.29, 0.717) is 5.02 Å². The summed E-state index contributed by atoms with van der Waals surface area (Å²) in [6, 6.07) is 6.71. The van der Waals surface area contributed by atoms with Gasteiger partial charge in [0.05, 0.1) is 5.75 Å². The number of nitrogens with two attached hydrogens (primary N) is 1. The van der Waals surface area contributed by atoms with Gasteiger partial charge in [0, 0.05) is 17.5 Å². The predicted octanol–water partition coefficient (Wildman–Crippen LogP) is 1.27. The van der Waals surface area contributed by atoms with Crippen LogP contribution in [0.3, 0.4) is 0 Å². The van der Waals surface area contributed by atoms with Crippen LogP contribution in [-0.2, 0) is 10.1 Å². The van der Waals surface area contributed by atoms with E-state index < -0.39 is 16.0 Å². The average Bonchev–Trinajstić information content (AvgIpc) is 2.14. The van der Waals surface area contributed by atoms with Crippen LogP contribution >= 0.6 is 11.6 Å². The van der Waals surface area contributed by atoms with Crippen LogP contribution in [0.15, 0.2) is 24.3 Å². The van der Waals surface area contributed by atoms with E-state index in [1.54, 1.807) is 24.3 Å². The van der Waals surface area contributed by atoms with E-state index in [4.69, 9.17) is 21.9 Å². The summed E-state index contributed by atoms with van der Waals surface area (Å²) >= 11 is 5.69. The summed E-state index contributed by atoms with van der Waals surface area (Å²) in [5.74, 6) is -0.775.